The summed E-state index contributed by atoms with van der Waals surface area (Å²) >= 11 is 0. The largest absolute Gasteiger partial charge is 0.513 e. The highest BCUT2D eigenvalue weighted by atomic mass is 31.2. The van der Waals surface area contributed by atoms with Crippen LogP contribution in [-0.4, -0.2) is 58.6 Å². The standard InChI is InChI=1S/C36H32N6O12P2/c1-3-47-31(43)21-37-55(45)51-27-13-5-9-23(17-27)33-39-41-35(49-33)25-11-7-15-29(19-25)53-56(46,38-22-32(44)48-4-2)54-30-16-8-12-26(20-30)36-42-40-34(50-36)24-10-6-14-28(18-24)52-55/h5-20H,3-4,21-22H2,1-2H3,(H,37,45)(H,38,46). The second-order valence-corrected chi connectivity index (χ2v) is 14.9. The summed E-state index contributed by atoms with van der Waals surface area (Å²) in [4.78, 5) is 24.5. The van der Waals surface area contributed by atoms with E-state index in [1.165, 1.54) is 48.5 Å². The van der Waals surface area contributed by atoms with Crippen LogP contribution in [0.25, 0.3) is 45.8 Å². The summed E-state index contributed by atoms with van der Waals surface area (Å²) in [5.74, 6) is -0.824. The summed E-state index contributed by atoms with van der Waals surface area (Å²) in [6.07, 6.45) is 0. The maximum Gasteiger partial charge on any atom is 0.513 e. The molecule has 3 heterocycles. The van der Waals surface area contributed by atoms with Crippen LogP contribution in [0, 0.1) is 0 Å². The van der Waals surface area contributed by atoms with E-state index >= 15 is 0 Å². The van der Waals surface area contributed by atoms with Crippen molar-refractivity contribution in [2.45, 2.75) is 13.8 Å². The Hall–Kier alpha value is -6.32. The third kappa shape index (κ3) is 9.30. The predicted octanol–water partition coefficient (Wildman–Crippen LogP) is 6.87. The minimum absolute atomic E-state index is 0.0674. The van der Waals surface area contributed by atoms with Crippen LogP contribution in [0.3, 0.4) is 0 Å². The fourth-order valence-corrected chi connectivity index (χ4v) is 7.67. The Morgan fingerprint density at radius 2 is 0.804 bits per heavy atom. The first-order valence-corrected chi connectivity index (χ1v) is 20.1. The van der Waals surface area contributed by atoms with Crippen LogP contribution in [0.4, 0.5) is 0 Å². The number of aromatic nitrogens is 4. The molecule has 6 aromatic rings. The zero-order valence-corrected chi connectivity index (χ0v) is 31.4. The Balaban J connectivity index is 1.30. The Kier molecular flexibility index (Phi) is 11.2. The van der Waals surface area contributed by atoms with Crippen molar-refractivity contribution >= 4 is 27.4 Å². The topological polar surface area (TPSA) is 226 Å². The Morgan fingerprint density at radius 3 is 1.07 bits per heavy atom. The van der Waals surface area contributed by atoms with Crippen molar-refractivity contribution in [1.29, 1.82) is 0 Å². The van der Waals surface area contributed by atoms with Crippen molar-refractivity contribution in [2.24, 2.45) is 0 Å². The van der Waals surface area contributed by atoms with Gasteiger partial charge >= 0.3 is 27.4 Å². The third-order valence-corrected chi connectivity index (χ3v) is 10.4. The van der Waals surface area contributed by atoms with Gasteiger partial charge in [0.1, 0.15) is 36.1 Å². The first-order valence-electron chi connectivity index (χ1n) is 17.0. The van der Waals surface area contributed by atoms with Crippen molar-refractivity contribution in [3.8, 4) is 68.8 Å². The molecule has 0 fully saturated rings. The number of nitrogens with zero attached hydrogens (tertiary/aromatic N) is 4. The normalized spacial score (nSPS) is 17.5. The number of nitrogens with one attached hydrogen (secondary N) is 2. The van der Waals surface area contributed by atoms with E-state index in [1.54, 1.807) is 62.4 Å². The number of carbonyl (C=O) groups is 2. The lowest BCUT2D eigenvalue weighted by Gasteiger charge is -2.20. The molecule has 56 heavy (non-hydrogen) atoms. The number of fused-ring (bicyclic) bond motifs is 16. The fraction of sp³-hybridized carbons (Fsp3) is 0.167. The van der Waals surface area contributed by atoms with Crippen LogP contribution >= 0.6 is 15.5 Å². The molecule has 0 saturated carbocycles. The first kappa shape index (κ1) is 38.0. The molecule has 0 aliphatic carbocycles. The average molecular weight is 803 g/mol. The van der Waals surface area contributed by atoms with Crippen molar-refractivity contribution in [3.05, 3.63) is 97.1 Å². The molecule has 20 heteroatoms. The van der Waals surface area contributed by atoms with Gasteiger partial charge in [-0.25, -0.2) is 9.13 Å². The zero-order valence-electron chi connectivity index (χ0n) is 29.6. The smallest absolute Gasteiger partial charge is 0.465 e. The van der Waals surface area contributed by atoms with E-state index in [0.29, 0.717) is 22.3 Å². The highest BCUT2D eigenvalue weighted by Crippen LogP contribution is 2.47. The van der Waals surface area contributed by atoms with Crippen molar-refractivity contribution < 1.29 is 55.1 Å². The molecule has 2 aromatic heterocycles. The van der Waals surface area contributed by atoms with Gasteiger partial charge in [0, 0.05) is 22.3 Å². The van der Waals surface area contributed by atoms with Gasteiger partial charge in [0.25, 0.3) is 0 Å². The molecule has 0 atom stereocenters. The predicted molar refractivity (Wildman–Crippen MR) is 197 cm³/mol. The summed E-state index contributed by atoms with van der Waals surface area (Å²) in [5.41, 5.74) is 1.55. The molecule has 0 radical (unpaired) electrons. The molecule has 7 rings (SSSR count). The van der Waals surface area contributed by atoms with Gasteiger partial charge in [-0.2, -0.15) is 10.2 Å². The van der Waals surface area contributed by atoms with E-state index < -0.39 is 40.5 Å². The molecule has 12 bridgehead atoms. The summed E-state index contributed by atoms with van der Waals surface area (Å²) in [6, 6.07) is 25.1. The van der Waals surface area contributed by atoms with Crippen LogP contribution < -0.4 is 28.3 Å². The second-order valence-electron chi connectivity index (χ2n) is 11.6. The van der Waals surface area contributed by atoms with Gasteiger partial charge in [0.15, 0.2) is 0 Å². The van der Waals surface area contributed by atoms with Crippen molar-refractivity contribution in [3.63, 3.8) is 0 Å². The summed E-state index contributed by atoms with van der Waals surface area (Å²) in [5, 5.41) is 21.8. The van der Waals surface area contributed by atoms with Crippen LogP contribution in [0.2, 0.25) is 0 Å². The molecule has 18 nitrogen and oxygen atoms in total. The lowest BCUT2D eigenvalue weighted by atomic mass is 10.2. The number of esters is 2. The third-order valence-electron chi connectivity index (χ3n) is 7.52. The number of hydrogen-bond donors (Lipinski definition) is 2. The number of carbonyl (C=O) groups excluding carboxylic acids is 2. The summed E-state index contributed by atoms with van der Waals surface area (Å²) in [6.45, 7) is 2.52. The lowest BCUT2D eigenvalue weighted by molar-refractivity contribution is -0.142. The molecule has 0 unspecified atom stereocenters. The van der Waals surface area contributed by atoms with Crippen LogP contribution in [0.5, 0.6) is 23.0 Å². The SMILES string of the molecule is CCOC(=O)CNP1(=O)Oc2cccc(c2)-c2nnc(o2)-c2cccc(c2)OP(=O)(NCC(=O)OCC)Oc2cccc(c2)-c2nnc(o2)-c2cccc(c2)O1. The Bertz CT molecular complexity index is 2170. The van der Waals surface area contributed by atoms with Crippen LogP contribution in [-0.2, 0) is 28.2 Å². The molecular weight excluding hydrogens is 770 g/mol. The highest BCUT2D eigenvalue weighted by molar-refractivity contribution is 7.52. The van der Waals surface area contributed by atoms with Gasteiger partial charge in [-0.3, -0.25) is 9.59 Å². The zero-order chi connectivity index (χ0) is 39.1. The molecule has 4 aromatic carbocycles. The second kappa shape index (κ2) is 16.6. The number of rotatable bonds is 8. The molecule has 2 N–H and O–H groups in total. The molecule has 1 aliphatic rings. The van der Waals surface area contributed by atoms with Crippen LogP contribution in [0.1, 0.15) is 13.8 Å². The van der Waals surface area contributed by atoms with E-state index in [2.05, 4.69) is 30.6 Å². The molecule has 288 valence electrons. The highest BCUT2D eigenvalue weighted by Gasteiger charge is 2.32. The molecule has 0 spiro atoms. The number of benzene rings is 4. The Morgan fingerprint density at radius 1 is 0.518 bits per heavy atom. The maximum absolute atomic E-state index is 14.2. The first-order chi connectivity index (χ1) is 27.1. The van der Waals surface area contributed by atoms with E-state index in [0.717, 1.165) is 0 Å². The molecule has 1 aliphatic heterocycles. The van der Waals surface area contributed by atoms with Gasteiger partial charge < -0.3 is 36.4 Å². The molecule has 0 saturated heterocycles. The van der Waals surface area contributed by atoms with Crippen molar-refractivity contribution in [1.82, 2.24) is 30.6 Å². The maximum atomic E-state index is 14.2. The van der Waals surface area contributed by atoms with E-state index in [9.17, 15) is 18.7 Å². The monoisotopic (exact) mass is 802 g/mol. The average Bonchev–Trinajstić information content (AvgIpc) is 3.89. The van der Waals surface area contributed by atoms with E-state index in [-0.39, 0.29) is 59.8 Å². The lowest BCUT2D eigenvalue weighted by Crippen LogP contribution is -2.26. The van der Waals surface area contributed by atoms with Gasteiger partial charge in [-0.05, 0) is 86.6 Å². The van der Waals surface area contributed by atoms with Crippen LogP contribution in [0.15, 0.2) is 106 Å². The minimum atomic E-state index is -4.35. The Labute approximate surface area is 318 Å². The van der Waals surface area contributed by atoms with E-state index in [4.69, 9.17) is 36.4 Å². The van der Waals surface area contributed by atoms with Crippen molar-refractivity contribution in [2.75, 3.05) is 26.3 Å². The number of hydrogen-bond acceptors (Lipinski definition) is 16. The fourth-order valence-electron chi connectivity index (χ4n) is 5.12. The quantitative estimate of drug-likeness (QED) is 0.118. The molecule has 0 amide bonds. The minimum Gasteiger partial charge on any atom is -0.465 e. The van der Waals surface area contributed by atoms with Gasteiger partial charge in [0.2, 0.25) is 23.6 Å². The van der Waals surface area contributed by atoms with Gasteiger partial charge in [-0.15, -0.1) is 20.4 Å². The number of ether oxygens (including phenoxy) is 2. The summed E-state index contributed by atoms with van der Waals surface area (Å²) in [7, 11) is -8.70. The van der Waals surface area contributed by atoms with E-state index in [1.807, 2.05) is 0 Å². The van der Waals surface area contributed by atoms with Gasteiger partial charge in [-0.1, -0.05) is 24.3 Å². The summed E-state index contributed by atoms with van der Waals surface area (Å²) < 4.78 is 74.0. The van der Waals surface area contributed by atoms with Gasteiger partial charge in [0.05, 0.1) is 13.2 Å². The molecular formula is C36H32N6O12P2.